The number of benzene rings is 7. The fourth-order valence-electron chi connectivity index (χ4n) is 13.3. The van der Waals surface area contributed by atoms with E-state index in [4.69, 9.17) is 23.3 Å². The number of carbonyl (C=O) groups excluding carboxylic acids is 6. The Balaban J connectivity index is 0.000000189. The molecule has 0 unspecified atom stereocenters. The van der Waals surface area contributed by atoms with Crippen LogP contribution in [-0.2, 0) is 73.5 Å². The summed E-state index contributed by atoms with van der Waals surface area (Å²) in [5.41, 5.74) is -2.83. The first-order valence-electron chi connectivity index (χ1n) is 43.4. The Morgan fingerprint density at radius 3 is 0.860 bits per heavy atom. The van der Waals surface area contributed by atoms with Gasteiger partial charge >= 0.3 is 17.1 Å². The summed E-state index contributed by atoms with van der Waals surface area (Å²) in [6, 6.07) is 40.7. The number of ether oxygens (including phenoxy) is 3. The highest BCUT2D eigenvalue weighted by atomic mass is 35.5. The Morgan fingerprint density at radius 2 is 0.636 bits per heavy atom. The lowest BCUT2D eigenvalue weighted by Crippen LogP contribution is -2.42. The van der Waals surface area contributed by atoms with Crippen molar-refractivity contribution in [1.29, 1.82) is 0 Å². The standard InChI is InChI=1S/3C30H27F2N5O5.C7H8O3S.CH4O3S.ClH/c3*1-35(2)27(38)15-21-13-23(11-12-33-21)42-26-10-7-20(14-25(26)32)34-28(39)24-17-36(16-18-3-4-18)30(41)37(29(24)40)22-8-5-19(31)6-9-22;1-6-2-4-7(5-3-6)11(8,9)10;1-5(2,3)4;/h3*5-14,17-18H,3-4,15-16H2,1-2H3,(H,34,39);2-5H,1H3,(H,8,9,10);1H3,(H,2,3,4);1H. The van der Waals surface area contributed by atoms with E-state index in [1.807, 2.05) is 6.92 Å². The van der Waals surface area contributed by atoms with Gasteiger partial charge in [0, 0.05) is 153 Å². The molecule has 143 heavy (non-hydrogen) atoms. The number of nitrogens with zero attached hydrogens (tertiary/aromatic N) is 12. The number of anilines is 3. The van der Waals surface area contributed by atoms with Crippen molar-refractivity contribution in [1.82, 2.24) is 57.1 Å². The summed E-state index contributed by atoms with van der Waals surface area (Å²) in [6.45, 7) is 2.80. The molecule has 748 valence electrons. The van der Waals surface area contributed by atoms with Crippen molar-refractivity contribution in [2.45, 2.75) is 89.2 Å². The van der Waals surface area contributed by atoms with Crippen LogP contribution in [0.5, 0.6) is 34.5 Å². The van der Waals surface area contributed by atoms with Gasteiger partial charge in [0.15, 0.2) is 34.7 Å². The molecule has 3 aliphatic rings. The number of rotatable bonds is 28. The summed E-state index contributed by atoms with van der Waals surface area (Å²) in [5.74, 6) is -5.88. The zero-order chi connectivity index (χ0) is 103. The van der Waals surface area contributed by atoms with Crippen molar-refractivity contribution in [3.8, 4) is 51.6 Å². The quantitative estimate of drug-likeness (QED) is 0.0225. The van der Waals surface area contributed by atoms with Crippen LogP contribution in [0.1, 0.15) is 92.2 Å². The van der Waals surface area contributed by atoms with Gasteiger partial charge in [-0.1, -0.05) is 17.7 Å². The number of nitrogens with one attached hydrogen (secondary N) is 3. The molecule has 3 fully saturated rings. The second-order valence-electron chi connectivity index (χ2n) is 33.6. The molecule has 0 radical (unpaired) electrons. The third-order valence-corrected chi connectivity index (χ3v) is 22.2. The van der Waals surface area contributed by atoms with E-state index in [2.05, 4.69) is 30.9 Å². The molecule has 3 aliphatic carbocycles. The van der Waals surface area contributed by atoms with Gasteiger partial charge < -0.3 is 44.9 Å². The molecule has 6 amide bonds. The highest BCUT2D eigenvalue weighted by Crippen LogP contribution is 2.35. The molecule has 16 rings (SSSR count). The third kappa shape index (κ3) is 30.5. The average molecular weight is 2030 g/mol. The van der Waals surface area contributed by atoms with Crippen LogP contribution in [-0.4, -0.2) is 167 Å². The maximum Gasteiger partial charge on any atom is 0.335 e. The molecular formula is C98H94ClF6N15O21S2. The molecule has 6 aromatic heterocycles. The Kier molecular flexibility index (Phi) is 35.5. The Hall–Kier alpha value is -16.1. The summed E-state index contributed by atoms with van der Waals surface area (Å²) in [5, 5.41) is 7.50. The van der Waals surface area contributed by atoms with E-state index in [1.165, 1.54) is 187 Å². The van der Waals surface area contributed by atoms with E-state index in [0.29, 0.717) is 43.0 Å². The van der Waals surface area contributed by atoms with Gasteiger partial charge in [0.1, 0.15) is 51.4 Å². The number of aromatic nitrogens is 9. The molecule has 7 aromatic carbocycles. The van der Waals surface area contributed by atoms with Gasteiger partial charge in [-0.05, 0) is 203 Å². The SMILES string of the molecule is CN(C)C(=O)Cc1cc(Oc2ccc(NC(=O)c3cn(CC4CC4)c(=O)n(-c4ccc(F)cc4)c3=O)cc2F)ccn1.CN(C)C(=O)Cc1cc(Oc2ccc(NC(=O)c3cn(CC4CC4)c(=O)n(-c4ccc(F)cc4)c3=O)cc2F)ccn1.CN(C)C(=O)Cc1cc(Oc2ccc(NC(=O)c3cn(CC4CC4)c(=O)n(-c4ccc(F)cc4)c3=O)cc2F)ccn1.CS(=O)(=O)O.Cc1ccc(S(=O)(=O)O)cc1.Cl. The van der Waals surface area contributed by atoms with Crippen molar-refractivity contribution in [2.75, 3.05) is 64.5 Å². The van der Waals surface area contributed by atoms with Crippen molar-refractivity contribution in [3.05, 3.63) is 362 Å². The number of aryl methyl sites for hydroxylation is 1. The molecule has 3 saturated carbocycles. The Bertz CT molecular complexity index is 6960. The minimum Gasteiger partial charge on any atom is -0.454 e. The zero-order valence-electron chi connectivity index (χ0n) is 77.6. The second kappa shape index (κ2) is 47.3. The number of amides is 6. The Morgan fingerprint density at radius 1 is 0.385 bits per heavy atom. The first kappa shape index (κ1) is 107. The molecule has 0 bridgehead atoms. The van der Waals surface area contributed by atoms with Crippen LogP contribution in [0.15, 0.2) is 259 Å². The first-order valence-corrected chi connectivity index (χ1v) is 46.7. The predicted octanol–water partition coefficient (Wildman–Crippen LogP) is 12.4. The summed E-state index contributed by atoms with van der Waals surface area (Å²) in [7, 11) is 2.09. The molecule has 13 aromatic rings. The highest BCUT2D eigenvalue weighted by molar-refractivity contribution is 7.85. The minimum absolute atomic E-state index is 0. The van der Waals surface area contributed by atoms with Crippen LogP contribution >= 0.6 is 12.4 Å². The van der Waals surface area contributed by atoms with Crippen molar-refractivity contribution >= 4 is 85.1 Å². The molecule has 45 heteroatoms. The number of halogens is 7. The maximum atomic E-state index is 15.0. The van der Waals surface area contributed by atoms with Crippen LogP contribution < -0.4 is 63.9 Å². The third-order valence-electron chi connectivity index (χ3n) is 21.3. The monoisotopic (exact) mass is 2030 g/mol. The molecular weight excluding hydrogens is 1940 g/mol. The van der Waals surface area contributed by atoms with Gasteiger partial charge in [0.25, 0.3) is 54.6 Å². The van der Waals surface area contributed by atoms with Crippen LogP contribution in [0.2, 0.25) is 0 Å². The number of carbonyl (C=O) groups is 6. The molecule has 0 aliphatic heterocycles. The van der Waals surface area contributed by atoms with Gasteiger partial charge in [-0.2, -0.15) is 16.8 Å². The van der Waals surface area contributed by atoms with E-state index in [1.54, 1.807) is 54.4 Å². The molecule has 36 nitrogen and oxygen atoms in total. The van der Waals surface area contributed by atoms with E-state index in [0.717, 1.165) is 112 Å². The molecule has 0 saturated heterocycles. The number of hydrogen-bond acceptors (Lipinski definition) is 22. The summed E-state index contributed by atoms with van der Waals surface area (Å²) in [6.07, 6.45) is 14.3. The predicted molar refractivity (Wildman–Crippen MR) is 516 cm³/mol. The summed E-state index contributed by atoms with van der Waals surface area (Å²) >= 11 is 0. The minimum atomic E-state index is -4.02. The molecule has 6 heterocycles. The fourth-order valence-corrected chi connectivity index (χ4v) is 13.8. The van der Waals surface area contributed by atoms with Crippen LogP contribution in [0.25, 0.3) is 17.1 Å². The molecule has 0 spiro atoms. The number of pyridine rings is 3. The van der Waals surface area contributed by atoms with Crippen LogP contribution in [0.4, 0.5) is 43.4 Å². The largest absolute Gasteiger partial charge is 0.454 e. The van der Waals surface area contributed by atoms with Crippen LogP contribution in [0.3, 0.4) is 0 Å². The van der Waals surface area contributed by atoms with Gasteiger partial charge in [0.2, 0.25) is 17.7 Å². The zero-order valence-corrected chi connectivity index (χ0v) is 80.0. The van der Waals surface area contributed by atoms with Crippen molar-refractivity contribution in [2.24, 2.45) is 17.8 Å². The lowest BCUT2D eigenvalue weighted by molar-refractivity contribution is -0.128. The lowest BCUT2D eigenvalue weighted by atomic mass is 10.2. The second-order valence-corrected chi connectivity index (χ2v) is 36.5. The number of hydrogen-bond donors (Lipinski definition) is 5. The van der Waals surface area contributed by atoms with Gasteiger partial charge in [-0.25, -0.2) is 54.4 Å². The van der Waals surface area contributed by atoms with Gasteiger partial charge in [-0.3, -0.25) is 80.9 Å². The summed E-state index contributed by atoms with van der Waals surface area (Å²) < 4.78 is 164. The van der Waals surface area contributed by atoms with Crippen LogP contribution in [0, 0.1) is 59.6 Å². The van der Waals surface area contributed by atoms with E-state index in [9.17, 15) is 101 Å². The van der Waals surface area contributed by atoms with Crippen molar-refractivity contribution in [3.63, 3.8) is 0 Å². The maximum absolute atomic E-state index is 15.0. The average Bonchev–Trinajstić information content (AvgIpc) is 1.67. The normalized spacial score (nSPS) is 12.4. The fraction of sp³-hybridized carbons (Fsp3) is 0.235. The van der Waals surface area contributed by atoms with Gasteiger partial charge in [-0.15, -0.1) is 12.4 Å². The van der Waals surface area contributed by atoms with E-state index in [-0.39, 0.29) is 157 Å². The smallest absolute Gasteiger partial charge is 0.335 e. The van der Waals surface area contributed by atoms with E-state index < -0.39 is 107 Å². The lowest BCUT2D eigenvalue weighted by Gasteiger charge is -2.14. The Labute approximate surface area is 818 Å². The first-order chi connectivity index (χ1) is 67.2. The molecule has 0 atom stereocenters. The van der Waals surface area contributed by atoms with Crippen molar-refractivity contribution < 1.29 is 95.3 Å². The molecule has 5 N–H and O–H groups in total. The highest BCUT2D eigenvalue weighted by Gasteiger charge is 2.31. The van der Waals surface area contributed by atoms with E-state index >= 15 is 0 Å². The van der Waals surface area contributed by atoms with Gasteiger partial charge in [0.05, 0.1) is 64.6 Å². The summed E-state index contributed by atoms with van der Waals surface area (Å²) in [4.78, 5) is 171. The number of likely N-dealkylation sites (N-methyl/N-ethyl adjacent to an activating group) is 3. The topological polar surface area (TPSA) is 455 Å².